The van der Waals surface area contributed by atoms with Crippen LogP contribution in [0.5, 0.6) is 17.2 Å². The van der Waals surface area contributed by atoms with Crippen LogP contribution in [0.2, 0.25) is 0 Å². The van der Waals surface area contributed by atoms with Crippen molar-refractivity contribution < 1.29 is 14.2 Å². The second-order valence-electron chi connectivity index (χ2n) is 5.17. The van der Waals surface area contributed by atoms with E-state index in [-0.39, 0.29) is 24.0 Å². The number of unbranched alkanes of at least 4 members (excludes halogenated alkanes) is 1. The molecule has 0 unspecified atom stereocenters. The average molecular weight is 451 g/mol. The van der Waals surface area contributed by atoms with Gasteiger partial charge in [-0.2, -0.15) is 0 Å². The molecule has 0 aliphatic carbocycles. The summed E-state index contributed by atoms with van der Waals surface area (Å²) in [4.78, 5) is 6.44. The maximum Gasteiger partial charge on any atom is 0.203 e. The van der Waals surface area contributed by atoms with E-state index in [2.05, 4.69) is 22.1 Å². The van der Waals surface area contributed by atoms with Gasteiger partial charge in [-0.15, -0.1) is 24.0 Å². The lowest BCUT2D eigenvalue weighted by Gasteiger charge is -2.22. The fraction of sp³-hybridized carbons (Fsp3) is 0.588. The van der Waals surface area contributed by atoms with Crippen molar-refractivity contribution in [2.24, 2.45) is 4.99 Å². The highest BCUT2D eigenvalue weighted by Gasteiger charge is 2.16. The molecular weight excluding hydrogens is 421 g/mol. The van der Waals surface area contributed by atoms with Gasteiger partial charge in [-0.1, -0.05) is 13.3 Å². The molecule has 7 heteroatoms. The number of benzene rings is 1. The van der Waals surface area contributed by atoms with E-state index in [0.29, 0.717) is 23.8 Å². The Hall–Kier alpha value is -1.38. The normalized spacial score (nSPS) is 10.7. The lowest BCUT2D eigenvalue weighted by atomic mass is 10.1. The van der Waals surface area contributed by atoms with Gasteiger partial charge < -0.3 is 24.4 Å². The van der Waals surface area contributed by atoms with Crippen molar-refractivity contribution in [1.29, 1.82) is 0 Å². The smallest absolute Gasteiger partial charge is 0.203 e. The van der Waals surface area contributed by atoms with Gasteiger partial charge >= 0.3 is 0 Å². The minimum absolute atomic E-state index is 0. The number of rotatable bonds is 8. The highest BCUT2D eigenvalue weighted by atomic mass is 127. The van der Waals surface area contributed by atoms with Crippen LogP contribution in [0.25, 0.3) is 0 Å². The number of hydrogen-bond acceptors (Lipinski definition) is 4. The molecule has 0 amide bonds. The van der Waals surface area contributed by atoms with Crippen molar-refractivity contribution in [3.63, 3.8) is 0 Å². The Morgan fingerprint density at radius 2 is 1.79 bits per heavy atom. The zero-order valence-electron chi connectivity index (χ0n) is 15.5. The van der Waals surface area contributed by atoms with E-state index in [1.807, 2.05) is 19.2 Å². The van der Waals surface area contributed by atoms with E-state index < -0.39 is 0 Å². The lowest BCUT2D eigenvalue weighted by molar-refractivity contribution is 0.322. The van der Waals surface area contributed by atoms with Crippen LogP contribution < -0.4 is 19.5 Å². The topological polar surface area (TPSA) is 55.3 Å². The average Bonchev–Trinajstić information content (AvgIpc) is 2.59. The van der Waals surface area contributed by atoms with Gasteiger partial charge in [0.25, 0.3) is 0 Å². The minimum Gasteiger partial charge on any atom is -0.493 e. The van der Waals surface area contributed by atoms with Gasteiger partial charge in [0.05, 0.1) is 21.3 Å². The molecule has 1 N–H and O–H groups in total. The van der Waals surface area contributed by atoms with Gasteiger partial charge in [0, 0.05) is 32.7 Å². The second kappa shape index (κ2) is 12.0. The standard InChI is InChI=1S/C17H29N3O3.HI/c1-7-8-11-20(3)17(18-2)19-12-13-9-10-14(21-4)16(23-6)15(13)22-5;/h9-10H,7-8,11-12H2,1-6H3,(H,18,19);1H. The maximum absolute atomic E-state index is 5.50. The van der Waals surface area contributed by atoms with E-state index >= 15 is 0 Å². The molecule has 0 atom stereocenters. The largest absolute Gasteiger partial charge is 0.493 e. The van der Waals surface area contributed by atoms with Crippen molar-refractivity contribution >= 4 is 29.9 Å². The molecule has 138 valence electrons. The highest BCUT2D eigenvalue weighted by Crippen LogP contribution is 2.39. The van der Waals surface area contributed by atoms with Crippen molar-refractivity contribution in [3.05, 3.63) is 17.7 Å². The Morgan fingerprint density at radius 3 is 2.29 bits per heavy atom. The summed E-state index contributed by atoms with van der Waals surface area (Å²) in [6, 6.07) is 3.84. The Bertz CT molecular complexity index is 524. The van der Waals surface area contributed by atoms with Crippen molar-refractivity contribution in [2.45, 2.75) is 26.3 Å². The van der Waals surface area contributed by atoms with E-state index in [1.54, 1.807) is 28.4 Å². The minimum atomic E-state index is 0. The first kappa shape index (κ1) is 22.6. The molecule has 1 aromatic rings. The van der Waals surface area contributed by atoms with E-state index in [1.165, 1.54) is 0 Å². The third-order valence-corrected chi connectivity index (χ3v) is 3.64. The summed E-state index contributed by atoms with van der Waals surface area (Å²) < 4.78 is 16.2. The SMILES string of the molecule is CCCCN(C)C(=NC)NCc1ccc(OC)c(OC)c1OC.I. The first-order chi connectivity index (χ1) is 11.1. The molecule has 0 saturated heterocycles. The molecular formula is C17H30IN3O3. The van der Waals surface area contributed by atoms with Gasteiger partial charge in [0.2, 0.25) is 5.75 Å². The number of aliphatic imine (C=N–C) groups is 1. The van der Waals surface area contributed by atoms with Gasteiger partial charge in [-0.05, 0) is 18.6 Å². The van der Waals surface area contributed by atoms with Crippen LogP contribution in [0.15, 0.2) is 17.1 Å². The van der Waals surface area contributed by atoms with Crippen molar-refractivity contribution in [2.75, 3.05) is 42.0 Å². The number of nitrogens with one attached hydrogen (secondary N) is 1. The van der Waals surface area contributed by atoms with Crippen LogP contribution in [0.3, 0.4) is 0 Å². The number of hydrogen-bond donors (Lipinski definition) is 1. The zero-order chi connectivity index (χ0) is 17.2. The number of guanidine groups is 1. The zero-order valence-corrected chi connectivity index (χ0v) is 17.8. The van der Waals surface area contributed by atoms with Gasteiger partial charge in [-0.3, -0.25) is 4.99 Å². The summed E-state index contributed by atoms with van der Waals surface area (Å²) in [5.74, 6) is 2.78. The molecule has 24 heavy (non-hydrogen) atoms. The second-order valence-corrected chi connectivity index (χ2v) is 5.17. The summed E-state index contributed by atoms with van der Waals surface area (Å²) in [7, 11) is 8.67. The molecule has 6 nitrogen and oxygen atoms in total. The predicted octanol–water partition coefficient (Wildman–Crippen LogP) is 3.14. The van der Waals surface area contributed by atoms with Crippen LogP contribution in [0.4, 0.5) is 0 Å². The quantitative estimate of drug-likeness (QED) is 0.374. The molecule has 0 saturated carbocycles. The predicted molar refractivity (Wildman–Crippen MR) is 109 cm³/mol. The molecule has 0 fully saturated rings. The maximum atomic E-state index is 5.50. The lowest BCUT2D eigenvalue weighted by Crippen LogP contribution is -2.39. The van der Waals surface area contributed by atoms with E-state index in [9.17, 15) is 0 Å². The third-order valence-electron chi connectivity index (χ3n) is 3.64. The fourth-order valence-corrected chi connectivity index (χ4v) is 2.36. The van der Waals surface area contributed by atoms with Crippen molar-refractivity contribution in [1.82, 2.24) is 10.2 Å². The molecule has 0 spiro atoms. The van der Waals surface area contributed by atoms with Crippen molar-refractivity contribution in [3.8, 4) is 17.2 Å². The summed E-state index contributed by atoms with van der Waals surface area (Å²) in [5, 5.41) is 3.36. The van der Waals surface area contributed by atoms with Crippen LogP contribution in [0, 0.1) is 0 Å². The molecule has 0 radical (unpaired) electrons. The molecule has 0 aromatic heterocycles. The molecule has 0 aliphatic rings. The Kier molecular flexibility index (Phi) is 11.4. The van der Waals surface area contributed by atoms with Crippen LogP contribution in [-0.4, -0.2) is 52.8 Å². The Balaban J connectivity index is 0.00000529. The highest BCUT2D eigenvalue weighted by molar-refractivity contribution is 14.0. The number of nitrogens with zero attached hydrogens (tertiary/aromatic N) is 2. The summed E-state index contributed by atoms with van der Waals surface area (Å²) in [6.45, 7) is 3.74. The van der Waals surface area contributed by atoms with Gasteiger partial charge in [0.1, 0.15) is 0 Å². The van der Waals surface area contributed by atoms with Gasteiger partial charge in [0.15, 0.2) is 17.5 Å². The molecule has 0 bridgehead atoms. The monoisotopic (exact) mass is 451 g/mol. The van der Waals surface area contributed by atoms with Crippen LogP contribution in [0.1, 0.15) is 25.3 Å². The van der Waals surface area contributed by atoms with Crippen LogP contribution in [-0.2, 0) is 6.54 Å². The first-order valence-corrected chi connectivity index (χ1v) is 7.82. The number of methoxy groups -OCH3 is 3. The first-order valence-electron chi connectivity index (χ1n) is 7.82. The van der Waals surface area contributed by atoms with Crippen LogP contribution >= 0.6 is 24.0 Å². The van der Waals surface area contributed by atoms with E-state index in [0.717, 1.165) is 30.9 Å². The summed E-state index contributed by atoms with van der Waals surface area (Å²) in [6.07, 6.45) is 2.29. The van der Waals surface area contributed by atoms with Gasteiger partial charge in [-0.25, -0.2) is 0 Å². The number of halogens is 1. The third kappa shape index (κ3) is 5.92. The molecule has 1 aromatic carbocycles. The summed E-state index contributed by atoms with van der Waals surface area (Å²) >= 11 is 0. The Labute approximate surface area is 162 Å². The van der Waals surface area contributed by atoms with E-state index in [4.69, 9.17) is 14.2 Å². The molecule has 0 aliphatic heterocycles. The Morgan fingerprint density at radius 1 is 1.12 bits per heavy atom. The number of ether oxygens (including phenoxy) is 3. The summed E-state index contributed by atoms with van der Waals surface area (Å²) in [5.41, 5.74) is 0.982. The molecule has 0 heterocycles. The fourth-order valence-electron chi connectivity index (χ4n) is 2.36. The molecule has 1 rings (SSSR count).